The van der Waals surface area contributed by atoms with E-state index in [0.29, 0.717) is 6.04 Å². The number of nitrogens with zero attached hydrogens (tertiary/aromatic N) is 1. The van der Waals surface area contributed by atoms with E-state index in [9.17, 15) is 4.79 Å². The monoisotopic (exact) mass is 338 g/mol. The van der Waals surface area contributed by atoms with Gasteiger partial charge in [-0.1, -0.05) is 11.6 Å². The number of carbonyl (C=O) groups excluding carboxylic acids is 1. The van der Waals surface area contributed by atoms with Crippen molar-refractivity contribution in [1.29, 1.82) is 0 Å². The Morgan fingerprint density at radius 2 is 2.25 bits per heavy atom. The van der Waals surface area contributed by atoms with Gasteiger partial charge in [-0.3, -0.25) is 4.79 Å². The lowest BCUT2D eigenvalue weighted by Crippen LogP contribution is -2.44. The van der Waals surface area contributed by atoms with Gasteiger partial charge in [0.15, 0.2) is 0 Å². The van der Waals surface area contributed by atoms with Crippen molar-refractivity contribution in [2.24, 2.45) is 0 Å². The molecule has 1 aromatic carbocycles. The first-order chi connectivity index (χ1) is 9.63. The molecule has 110 valence electrons. The second-order valence-corrected chi connectivity index (χ2v) is 6.38. The summed E-state index contributed by atoms with van der Waals surface area (Å²) in [5.41, 5.74) is 1.92. The molecule has 1 N–H and O–H groups in total. The highest BCUT2D eigenvalue weighted by atomic mass is 79.9. The summed E-state index contributed by atoms with van der Waals surface area (Å²) >= 11 is 3.51. The fourth-order valence-electron chi connectivity index (χ4n) is 2.84. The van der Waals surface area contributed by atoms with Crippen LogP contribution in [0.1, 0.15) is 41.6 Å². The molecule has 1 heterocycles. The molecule has 0 aliphatic carbocycles. The molecule has 1 saturated heterocycles. The molecule has 0 bridgehead atoms. The van der Waals surface area contributed by atoms with Crippen LogP contribution in [0.2, 0.25) is 0 Å². The zero-order valence-corrected chi connectivity index (χ0v) is 13.9. The van der Waals surface area contributed by atoms with Gasteiger partial charge in [-0.25, -0.2) is 0 Å². The Balaban J connectivity index is 2.18. The van der Waals surface area contributed by atoms with Crippen LogP contribution >= 0.6 is 15.9 Å². The van der Waals surface area contributed by atoms with E-state index in [0.717, 1.165) is 48.0 Å². The molecule has 1 fully saturated rings. The molecule has 1 unspecified atom stereocenters. The number of nitrogens with one attached hydrogen (secondary N) is 1. The molecular weight excluding hydrogens is 316 g/mol. The van der Waals surface area contributed by atoms with Crippen molar-refractivity contribution < 1.29 is 4.79 Å². The molecule has 4 heteroatoms. The van der Waals surface area contributed by atoms with E-state index in [-0.39, 0.29) is 5.91 Å². The summed E-state index contributed by atoms with van der Waals surface area (Å²) in [7, 11) is 1.96. The number of carbonyl (C=O) groups is 1. The maximum absolute atomic E-state index is 12.8. The van der Waals surface area contributed by atoms with Gasteiger partial charge in [0.05, 0.1) is 5.56 Å². The Hall–Kier alpha value is -0.870. The zero-order chi connectivity index (χ0) is 14.5. The Bertz CT molecular complexity index is 476. The van der Waals surface area contributed by atoms with Gasteiger partial charge < -0.3 is 10.2 Å². The van der Waals surface area contributed by atoms with Gasteiger partial charge in [0, 0.05) is 17.1 Å². The Labute approximate surface area is 129 Å². The lowest BCUT2D eigenvalue weighted by molar-refractivity contribution is 0.0601. The molecule has 1 aromatic rings. The molecule has 1 atom stereocenters. The first-order valence-corrected chi connectivity index (χ1v) is 8.14. The smallest absolute Gasteiger partial charge is 0.255 e. The highest BCUT2D eigenvalue weighted by Gasteiger charge is 2.27. The highest BCUT2D eigenvalue weighted by Crippen LogP contribution is 2.25. The van der Waals surface area contributed by atoms with Crippen LogP contribution in [0.25, 0.3) is 0 Å². The summed E-state index contributed by atoms with van der Waals surface area (Å²) in [6.45, 7) is 3.87. The van der Waals surface area contributed by atoms with Gasteiger partial charge >= 0.3 is 0 Å². The van der Waals surface area contributed by atoms with Crippen LogP contribution in [0, 0.1) is 6.92 Å². The van der Waals surface area contributed by atoms with E-state index in [2.05, 4.69) is 26.1 Å². The highest BCUT2D eigenvalue weighted by molar-refractivity contribution is 9.10. The lowest BCUT2D eigenvalue weighted by atomic mass is 9.98. The van der Waals surface area contributed by atoms with E-state index in [4.69, 9.17) is 0 Å². The normalized spacial score (nSPS) is 19.1. The lowest BCUT2D eigenvalue weighted by Gasteiger charge is -2.36. The van der Waals surface area contributed by atoms with Crippen molar-refractivity contribution in [3.05, 3.63) is 33.8 Å². The summed E-state index contributed by atoms with van der Waals surface area (Å²) in [5.74, 6) is 0.168. The molecule has 0 radical (unpaired) electrons. The number of benzene rings is 1. The van der Waals surface area contributed by atoms with Crippen LogP contribution in [-0.2, 0) is 0 Å². The predicted octanol–water partition coefficient (Wildman–Crippen LogP) is 3.36. The largest absolute Gasteiger partial charge is 0.336 e. The van der Waals surface area contributed by atoms with Crippen molar-refractivity contribution >= 4 is 21.8 Å². The van der Waals surface area contributed by atoms with Crippen LogP contribution in [0.15, 0.2) is 22.7 Å². The number of hydrogen-bond acceptors (Lipinski definition) is 2. The Morgan fingerprint density at radius 3 is 3.00 bits per heavy atom. The zero-order valence-electron chi connectivity index (χ0n) is 12.3. The molecule has 0 aromatic heterocycles. The van der Waals surface area contributed by atoms with Crippen LogP contribution < -0.4 is 5.32 Å². The maximum atomic E-state index is 12.8. The summed E-state index contributed by atoms with van der Waals surface area (Å²) in [6, 6.07) is 6.34. The summed E-state index contributed by atoms with van der Waals surface area (Å²) in [5, 5.41) is 3.19. The van der Waals surface area contributed by atoms with Crippen LogP contribution in [-0.4, -0.2) is 37.0 Å². The third-order valence-electron chi connectivity index (χ3n) is 3.97. The van der Waals surface area contributed by atoms with Gasteiger partial charge in [0.1, 0.15) is 0 Å². The molecule has 20 heavy (non-hydrogen) atoms. The Kier molecular flexibility index (Phi) is 5.61. The number of piperidine rings is 1. The van der Waals surface area contributed by atoms with E-state index in [1.807, 2.05) is 32.2 Å². The number of likely N-dealkylation sites (tertiary alicyclic amines) is 1. The topological polar surface area (TPSA) is 32.3 Å². The molecule has 0 saturated carbocycles. The number of rotatable bonds is 4. The van der Waals surface area contributed by atoms with E-state index >= 15 is 0 Å². The van der Waals surface area contributed by atoms with Gasteiger partial charge in [-0.15, -0.1) is 0 Å². The average molecular weight is 339 g/mol. The second-order valence-electron chi connectivity index (χ2n) is 5.52. The SMILES string of the molecule is CNCCC1CCCCN1C(=O)c1cc(C)ccc1Br. The number of halogens is 1. The number of aryl methyl sites for hydroxylation is 1. The predicted molar refractivity (Wildman–Crippen MR) is 86.1 cm³/mol. The number of amides is 1. The van der Waals surface area contributed by atoms with Crippen molar-refractivity contribution in [3.63, 3.8) is 0 Å². The van der Waals surface area contributed by atoms with Crippen molar-refractivity contribution in [3.8, 4) is 0 Å². The van der Waals surface area contributed by atoms with Crippen LogP contribution in [0.4, 0.5) is 0 Å². The molecule has 1 aliphatic rings. The van der Waals surface area contributed by atoms with Gasteiger partial charge in [-0.2, -0.15) is 0 Å². The van der Waals surface area contributed by atoms with Gasteiger partial charge in [0.2, 0.25) is 0 Å². The fourth-order valence-corrected chi connectivity index (χ4v) is 3.25. The Morgan fingerprint density at radius 1 is 1.45 bits per heavy atom. The molecule has 0 spiro atoms. The molecular formula is C16H23BrN2O. The maximum Gasteiger partial charge on any atom is 0.255 e. The summed E-state index contributed by atoms with van der Waals surface area (Å²) in [6.07, 6.45) is 4.50. The molecule has 1 aliphatic heterocycles. The average Bonchev–Trinajstić information content (AvgIpc) is 2.47. The van der Waals surface area contributed by atoms with Crippen molar-refractivity contribution in [2.75, 3.05) is 20.1 Å². The third-order valence-corrected chi connectivity index (χ3v) is 4.66. The first-order valence-electron chi connectivity index (χ1n) is 7.35. The molecule has 3 nitrogen and oxygen atoms in total. The minimum absolute atomic E-state index is 0.168. The molecule has 2 rings (SSSR count). The van der Waals surface area contributed by atoms with Crippen molar-refractivity contribution in [2.45, 2.75) is 38.6 Å². The quantitative estimate of drug-likeness (QED) is 0.912. The minimum Gasteiger partial charge on any atom is -0.336 e. The summed E-state index contributed by atoms with van der Waals surface area (Å²) < 4.78 is 0.894. The third kappa shape index (κ3) is 3.61. The van der Waals surface area contributed by atoms with Crippen LogP contribution in [0.5, 0.6) is 0 Å². The number of hydrogen-bond donors (Lipinski definition) is 1. The standard InChI is InChI=1S/C16H23BrN2O/c1-12-6-7-15(17)14(11-12)16(20)19-10-4-3-5-13(19)8-9-18-2/h6-7,11,13,18H,3-5,8-10H2,1-2H3. The fraction of sp³-hybridized carbons (Fsp3) is 0.562. The van der Waals surface area contributed by atoms with E-state index in [1.165, 1.54) is 6.42 Å². The van der Waals surface area contributed by atoms with Crippen LogP contribution in [0.3, 0.4) is 0 Å². The minimum atomic E-state index is 0.168. The summed E-state index contributed by atoms with van der Waals surface area (Å²) in [4.78, 5) is 14.9. The molecule has 1 amide bonds. The van der Waals surface area contributed by atoms with Crippen molar-refractivity contribution in [1.82, 2.24) is 10.2 Å². The van der Waals surface area contributed by atoms with Gasteiger partial charge in [-0.05, 0) is 74.3 Å². The first kappa shape index (κ1) is 15.5. The van der Waals surface area contributed by atoms with E-state index in [1.54, 1.807) is 0 Å². The second kappa shape index (κ2) is 7.23. The van der Waals surface area contributed by atoms with E-state index < -0.39 is 0 Å². The van der Waals surface area contributed by atoms with Gasteiger partial charge in [0.25, 0.3) is 5.91 Å².